The molecule has 0 fully saturated rings. The smallest absolute Gasteiger partial charge is 0.134 e. The number of thiophene rings is 1. The minimum Gasteiger partial charge on any atom is -0.459 e. The molecule has 0 aliphatic rings. The average Bonchev–Trinajstić information content (AvgIpc) is 3.05. The van der Waals surface area contributed by atoms with E-state index in [2.05, 4.69) is 52.3 Å². The van der Waals surface area contributed by atoms with Crippen molar-refractivity contribution < 1.29 is 4.42 Å². The Bertz CT molecular complexity index is 752. The molecule has 5 heteroatoms. The highest BCUT2D eigenvalue weighted by atomic mass is 127. The number of hydrogen-bond acceptors (Lipinski definition) is 3. The third-order valence-corrected chi connectivity index (χ3v) is 5.34. The van der Waals surface area contributed by atoms with E-state index in [9.17, 15) is 0 Å². The van der Waals surface area contributed by atoms with Gasteiger partial charge in [0.05, 0.1) is 8.93 Å². The SMILES string of the molecule is CCCNC(c1csc(I)c1)c1cc2cc(Cl)ccc2o1. The van der Waals surface area contributed by atoms with E-state index in [1.165, 1.54) is 8.45 Å². The molecule has 110 valence electrons. The van der Waals surface area contributed by atoms with E-state index in [1.807, 2.05) is 18.2 Å². The van der Waals surface area contributed by atoms with Crippen molar-refractivity contribution in [3.8, 4) is 0 Å². The first-order valence-corrected chi connectivity index (χ1v) is 9.17. The fourth-order valence-corrected chi connectivity index (χ4v) is 3.90. The Hall–Kier alpha value is -0.560. The topological polar surface area (TPSA) is 25.2 Å². The van der Waals surface area contributed by atoms with E-state index in [4.69, 9.17) is 16.0 Å². The third kappa shape index (κ3) is 3.44. The average molecular weight is 432 g/mol. The lowest BCUT2D eigenvalue weighted by Gasteiger charge is -2.14. The van der Waals surface area contributed by atoms with Gasteiger partial charge in [-0.25, -0.2) is 0 Å². The van der Waals surface area contributed by atoms with E-state index in [0.717, 1.165) is 34.7 Å². The van der Waals surface area contributed by atoms with Crippen LogP contribution in [0.5, 0.6) is 0 Å². The second-order valence-corrected chi connectivity index (χ2v) is 8.14. The molecule has 0 bridgehead atoms. The number of hydrogen-bond donors (Lipinski definition) is 1. The quantitative estimate of drug-likeness (QED) is 0.513. The van der Waals surface area contributed by atoms with Gasteiger partial charge in [-0.1, -0.05) is 18.5 Å². The van der Waals surface area contributed by atoms with Crippen LogP contribution in [0.2, 0.25) is 5.02 Å². The van der Waals surface area contributed by atoms with E-state index in [0.29, 0.717) is 0 Å². The monoisotopic (exact) mass is 431 g/mol. The Morgan fingerprint density at radius 3 is 2.90 bits per heavy atom. The molecule has 21 heavy (non-hydrogen) atoms. The van der Waals surface area contributed by atoms with Crippen LogP contribution < -0.4 is 5.32 Å². The van der Waals surface area contributed by atoms with Gasteiger partial charge >= 0.3 is 0 Å². The maximum absolute atomic E-state index is 6.05. The fourth-order valence-electron chi connectivity index (χ4n) is 2.32. The van der Waals surface area contributed by atoms with Crippen LogP contribution in [0.4, 0.5) is 0 Å². The molecule has 0 aliphatic carbocycles. The zero-order valence-electron chi connectivity index (χ0n) is 11.5. The number of rotatable bonds is 5. The first kappa shape index (κ1) is 15.3. The van der Waals surface area contributed by atoms with Gasteiger partial charge in [0.1, 0.15) is 11.3 Å². The highest BCUT2D eigenvalue weighted by molar-refractivity contribution is 14.1. The van der Waals surface area contributed by atoms with Crippen LogP contribution in [0.3, 0.4) is 0 Å². The van der Waals surface area contributed by atoms with Crippen LogP contribution in [0.1, 0.15) is 30.7 Å². The summed E-state index contributed by atoms with van der Waals surface area (Å²) in [6.45, 7) is 3.12. The van der Waals surface area contributed by atoms with Crippen LogP contribution in [0.25, 0.3) is 11.0 Å². The van der Waals surface area contributed by atoms with Crippen LogP contribution in [-0.4, -0.2) is 6.54 Å². The predicted octanol–water partition coefficient (Wildman–Crippen LogP) is 5.84. The molecule has 0 amide bonds. The molecule has 1 N–H and O–H groups in total. The summed E-state index contributed by atoms with van der Waals surface area (Å²) in [5.74, 6) is 0.940. The van der Waals surface area contributed by atoms with Gasteiger partial charge in [-0.2, -0.15) is 0 Å². The molecular formula is C16H15ClINOS. The summed E-state index contributed by atoms with van der Waals surface area (Å²) in [5.41, 5.74) is 2.13. The number of nitrogens with one attached hydrogen (secondary N) is 1. The molecular weight excluding hydrogens is 417 g/mol. The summed E-state index contributed by atoms with van der Waals surface area (Å²) in [4.78, 5) is 0. The summed E-state index contributed by atoms with van der Waals surface area (Å²) in [5, 5.41) is 7.54. The number of halogens is 2. The molecule has 3 rings (SSSR count). The highest BCUT2D eigenvalue weighted by Gasteiger charge is 2.19. The largest absolute Gasteiger partial charge is 0.459 e. The summed E-state index contributed by atoms with van der Waals surface area (Å²) in [7, 11) is 0. The van der Waals surface area contributed by atoms with Gasteiger partial charge in [-0.05, 0) is 76.8 Å². The molecule has 2 heterocycles. The normalized spacial score (nSPS) is 12.9. The Balaban J connectivity index is 2.00. The van der Waals surface area contributed by atoms with Gasteiger partial charge < -0.3 is 9.73 Å². The van der Waals surface area contributed by atoms with Crippen LogP contribution >= 0.6 is 45.5 Å². The van der Waals surface area contributed by atoms with Crippen molar-refractivity contribution in [1.82, 2.24) is 5.32 Å². The Labute approximate surface area is 146 Å². The van der Waals surface area contributed by atoms with Crippen LogP contribution in [0.15, 0.2) is 40.1 Å². The van der Waals surface area contributed by atoms with Crippen molar-refractivity contribution in [1.29, 1.82) is 0 Å². The number of furan rings is 1. The van der Waals surface area contributed by atoms with E-state index >= 15 is 0 Å². The molecule has 0 saturated carbocycles. The molecule has 1 atom stereocenters. The van der Waals surface area contributed by atoms with E-state index < -0.39 is 0 Å². The van der Waals surface area contributed by atoms with E-state index in [-0.39, 0.29) is 6.04 Å². The summed E-state index contributed by atoms with van der Waals surface area (Å²) in [6.07, 6.45) is 1.09. The maximum atomic E-state index is 6.05. The second-order valence-electron chi connectivity index (χ2n) is 4.90. The second kappa shape index (κ2) is 6.69. The zero-order valence-corrected chi connectivity index (χ0v) is 15.3. The van der Waals surface area contributed by atoms with Crippen molar-refractivity contribution in [3.05, 3.63) is 54.9 Å². The summed E-state index contributed by atoms with van der Waals surface area (Å²) in [6, 6.07) is 10.1. The van der Waals surface area contributed by atoms with Crippen molar-refractivity contribution >= 4 is 56.5 Å². The molecule has 2 nitrogen and oxygen atoms in total. The first-order valence-electron chi connectivity index (χ1n) is 6.83. The zero-order chi connectivity index (χ0) is 14.8. The fraction of sp³-hybridized carbons (Fsp3) is 0.250. The maximum Gasteiger partial charge on any atom is 0.134 e. The first-order chi connectivity index (χ1) is 10.2. The van der Waals surface area contributed by atoms with Crippen molar-refractivity contribution in [2.45, 2.75) is 19.4 Å². The number of benzene rings is 1. The molecule has 2 aromatic heterocycles. The standard InChI is InChI=1S/C16H15ClINOS/c1-2-5-19-16(11-8-15(18)21-9-11)14-7-10-6-12(17)3-4-13(10)20-14/h3-4,6-9,16,19H,2,5H2,1H3. The van der Waals surface area contributed by atoms with Crippen LogP contribution in [0, 0.1) is 2.88 Å². The van der Waals surface area contributed by atoms with Gasteiger partial charge in [0.15, 0.2) is 0 Å². The van der Waals surface area contributed by atoms with Crippen molar-refractivity contribution in [2.75, 3.05) is 6.54 Å². The molecule has 0 saturated heterocycles. The molecule has 0 spiro atoms. The van der Waals surface area contributed by atoms with Gasteiger partial charge in [0.2, 0.25) is 0 Å². The highest BCUT2D eigenvalue weighted by Crippen LogP contribution is 2.32. The number of fused-ring (bicyclic) bond motifs is 1. The molecule has 0 aliphatic heterocycles. The lowest BCUT2D eigenvalue weighted by atomic mass is 10.1. The molecule has 1 unspecified atom stereocenters. The van der Waals surface area contributed by atoms with E-state index in [1.54, 1.807) is 11.3 Å². The lowest BCUT2D eigenvalue weighted by molar-refractivity contribution is 0.470. The van der Waals surface area contributed by atoms with Crippen molar-refractivity contribution in [2.24, 2.45) is 0 Å². The van der Waals surface area contributed by atoms with Gasteiger partial charge in [-0.15, -0.1) is 11.3 Å². The minimum atomic E-state index is 0.0934. The van der Waals surface area contributed by atoms with Gasteiger partial charge in [0.25, 0.3) is 0 Å². The molecule has 3 aromatic rings. The summed E-state index contributed by atoms with van der Waals surface area (Å²) < 4.78 is 7.31. The predicted molar refractivity (Wildman–Crippen MR) is 98.4 cm³/mol. The third-order valence-electron chi connectivity index (χ3n) is 3.30. The Morgan fingerprint density at radius 1 is 1.33 bits per heavy atom. The van der Waals surface area contributed by atoms with Crippen molar-refractivity contribution in [3.63, 3.8) is 0 Å². The lowest BCUT2D eigenvalue weighted by Crippen LogP contribution is -2.22. The Morgan fingerprint density at radius 2 is 2.19 bits per heavy atom. The van der Waals surface area contributed by atoms with Gasteiger partial charge in [-0.3, -0.25) is 0 Å². The minimum absolute atomic E-state index is 0.0934. The van der Waals surface area contributed by atoms with Gasteiger partial charge in [0, 0.05) is 10.4 Å². The molecule has 0 radical (unpaired) electrons. The summed E-state index contributed by atoms with van der Waals surface area (Å²) >= 11 is 10.2. The van der Waals surface area contributed by atoms with Crippen LogP contribution in [-0.2, 0) is 0 Å². The Kier molecular flexibility index (Phi) is 4.88. The molecule has 1 aromatic carbocycles.